The zero-order chi connectivity index (χ0) is 21.6. The van der Waals surface area contributed by atoms with Crippen molar-refractivity contribution in [2.24, 2.45) is 0 Å². The summed E-state index contributed by atoms with van der Waals surface area (Å²) in [5, 5.41) is 16.4. The molecule has 31 heavy (non-hydrogen) atoms. The SMILES string of the molecule is C=CCn1c(SCC(=O)Nc2ccc3c(c2)OCCCO3)nnc1-c1cnn(CC)c1. The second-order valence-corrected chi connectivity index (χ2v) is 7.78. The van der Waals surface area contributed by atoms with Crippen LogP contribution in [0.5, 0.6) is 11.5 Å². The van der Waals surface area contributed by atoms with E-state index in [1.54, 1.807) is 24.4 Å². The molecule has 162 valence electrons. The fourth-order valence-corrected chi connectivity index (χ4v) is 3.87. The Balaban J connectivity index is 1.42. The molecule has 1 aliphatic heterocycles. The van der Waals surface area contributed by atoms with Gasteiger partial charge in [-0.05, 0) is 19.1 Å². The van der Waals surface area contributed by atoms with Gasteiger partial charge in [0.1, 0.15) is 0 Å². The number of aromatic nitrogens is 5. The molecule has 0 radical (unpaired) electrons. The van der Waals surface area contributed by atoms with Crippen LogP contribution in [-0.2, 0) is 17.9 Å². The fourth-order valence-electron chi connectivity index (χ4n) is 3.12. The van der Waals surface area contributed by atoms with E-state index in [4.69, 9.17) is 9.47 Å². The van der Waals surface area contributed by atoms with Gasteiger partial charge in [-0.2, -0.15) is 5.10 Å². The number of carbonyl (C=O) groups is 1. The minimum absolute atomic E-state index is 0.145. The molecule has 9 nitrogen and oxygen atoms in total. The van der Waals surface area contributed by atoms with Crippen LogP contribution in [0.25, 0.3) is 11.4 Å². The van der Waals surface area contributed by atoms with E-state index in [1.165, 1.54) is 11.8 Å². The van der Waals surface area contributed by atoms with E-state index in [0.29, 0.717) is 47.9 Å². The summed E-state index contributed by atoms with van der Waals surface area (Å²) in [5.41, 5.74) is 1.54. The molecule has 0 fully saturated rings. The van der Waals surface area contributed by atoms with Crippen molar-refractivity contribution in [1.82, 2.24) is 24.5 Å². The Hall–Kier alpha value is -3.27. The third-order valence-corrected chi connectivity index (χ3v) is 5.57. The summed E-state index contributed by atoms with van der Waals surface area (Å²) in [4.78, 5) is 12.5. The molecule has 1 aliphatic rings. The molecular formula is C21H24N6O3S. The fraction of sp³-hybridized carbons (Fsp3) is 0.333. The monoisotopic (exact) mass is 440 g/mol. The first kappa shape index (κ1) is 21.0. The highest BCUT2D eigenvalue weighted by molar-refractivity contribution is 7.99. The lowest BCUT2D eigenvalue weighted by Gasteiger charge is -2.10. The molecule has 0 saturated carbocycles. The third-order valence-electron chi connectivity index (χ3n) is 4.61. The lowest BCUT2D eigenvalue weighted by Crippen LogP contribution is -2.14. The van der Waals surface area contributed by atoms with E-state index >= 15 is 0 Å². The molecular weight excluding hydrogens is 416 g/mol. The molecule has 3 heterocycles. The standard InChI is InChI=1S/C21H24N6O3S/c1-3-8-27-20(15-12-22-26(4-2)13-15)24-25-21(27)31-14-19(28)23-16-6-7-17-18(11-16)30-10-5-9-29-17/h3,6-7,11-13H,1,4-5,8-10,14H2,2H3,(H,23,28). The first-order valence-corrected chi connectivity index (χ1v) is 11.1. The average Bonchev–Trinajstić information content (AvgIpc) is 3.33. The summed E-state index contributed by atoms with van der Waals surface area (Å²) >= 11 is 1.32. The van der Waals surface area contributed by atoms with Crippen LogP contribution < -0.4 is 14.8 Å². The highest BCUT2D eigenvalue weighted by Crippen LogP contribution is 2.32. The van der Waals surface area contributed by atoms with Gasteiger partial charge < -0.3 is 14.8 Å². The Labute approximate surface area is 184 Å². The maximum atomic E-state index is 12.5. The summed E-state index contributed by atoms with van der Waals surface area (Å²) < 4.78 is 15.1. The van der Waals surface area contributed by atoms with E-state index in [0.717, 1.165) is 18.5 Å². The number of ether oxygens (including phenoxy) is 2. The third kappa shape index (κ3) is 4.91. The Morgan fingerprint density at radius 3 is 2.90 bits per heavy atom. The summed E-state index contributed by atoms with van der Waals surface area (Å²) in [7, 11) is 0. The van der Waals surface area contributed by atoms with Gasteiger partial charge in [-0.1, -0.05) is 17.8 Å². The number of rotatable bonds is 8. The van der Waals surface area contributed by atoms with Crippen LogP contribution in [0.2, 0.25) is 0 Å². The van der Waals surface area contributed by atoms with Gasteiger partial charge >= 0.3 is 0 Å². The van der Waals surface area contributed by atoms with E-state index in [2.05, 4.69) is 27.2 Å². The number of amides is 1. The smallest absolute Gasteiger partial charge is 0.234 e. The molecule has 0 spiro atoms. The second-order valence-electron chi connectivity index (χ2n) is 6.84. The number of anilines is 1. The van der Waals surface area contributed by atoms with Crippen LogP contribution >= 0.6 is 11.8 Å². The van der Waals surface area contributed by atoms with Crippen molar-refractivity contribution < 1.29 is 14.3 Å². The first-order chi connectivity index (χ1) is 15.2. The van der Waals surface area contributed by atoms with Crippen molar-refractivity contribution in [1.29, 1.82) is 0 Å². The summed E-state index contributed by atoms with van der Waals surface area (Å²) in [6.45, 7) is 8.37. The highest BCUT2D eigenvalue weighted by atomic mass is 32.2. The van der Waals surface area contributed by atoms with E-state index in [1.807, 2.05) is 28.4 Å². The summed E-state index contributed by atoms with van der Waals surface area (Å²) in [6.07, 6.45) is 6.30. The zero-order valence-corrected chi connectivity index (χ0v) is 18.1. The molecule has 0 aliphatic carbocycles. The van der Waals surface area contributed by atoms with Crippen molar-refractivity contribution in [3.8, 4) is 22.9 Å². The lowest BCUT2D eigenvalue weighted by atomic mass is 10.2. The topological polar surface area (TPSA) is 96.1 Å². The van der Waals surface area contributed by atoms with Gasteiger partial charge in [-0.3, -0.25) is 14.0 Å². The maximum Gasteiger partial charge on any atom is 0.234 e. The quantitative estimate of drug-likeness (QED) is 0.424. The van der Waals surface area contributed by atoms with Crippen LogP contribution in [-0.4, -0.2) is 49.4 Å². The van der Waals surface area contributed by atoms with Gasteiger partial charge in [0.2, 0.25) is 5.91 Å². The van der Waals surface area contributed by atoms with Gasteiger partial charge in [0, 0.05) is 37.5 Å². The molecule has 1 amide bonds. The minimum Gasteiger partial charge on any atom is -0.490 e. The Morgan fingerprint density at radius 1 is 1.29 bits per heavy atom. The Bertz CT molecular complexity index is 1080. The van der Waals surface area contributed by atoms with E-state index in [-0.39, 0.29) is 11.7 Å². The van der Waals surface area contributed by atoms with Crippen LogP contribution in [0.3, 0.4) is 0 Å². The molecule has 0 atom stereocenters. The number of aryl methyl sites for hydroxylation is 1. The van der Waals surface area contributed by atoms with Crippen molar-refractivity contribution in [2.45, 2.75) is 31.6 Å². The summed E-state index contributed by atoms with van der Waals surface area (Å²) in [6, 6.07) is 5.40. The molecule has 1 N–H and O–H groups in total. The predicted molar refractivity (Wildman–Crippen MR) is 119 cm³/mol. The van der Waals surface area contributed by atoms with Gasteiger partial charge in [-0.25, -0.2) is 0 Å². The van der Waals surface area contributed by atoms with Crippen LogP contribution in [0.15, 0.2) is 48.4 Å². The largest absolute Gasteiger partial charge is 0.490 e. The lowest BCUT2D eigenvalue weighted by molar-refractivity contribution is -0.113. The van der Waals surface area contributed by atoms with Crippen LogP contribution in [0.4, 0.5) is 5.69 Å². The number of hydrogen-bond acceptors (Lipinski definition) is 7. The molecule has 3 aromatic rings. The maximum absolute atomic E-state index is 12.5. The number of nitrogens with one attached hydrogen (secondary N) is 1. The summed E-state index contributed by atoms with van der Waals surface area (Å²) in [5.74, 6) is 2.09. The number of thioether (sulfide) groups is 1. The Morgan fingerprint density at radius 2 is 2.13 bits per heavy atom. The van der Waals surface area contributed by atoms with E-state index in [9.17, 15) is 4.79 Å². The molecule has 1 aromatic carbocycles. The number of allylic oxidation sites excluding steroid dienone is 1. The molecule has 10 heteroatoms. The number of benzene rings is 1. The normalized spacial score (nSPS) is 12.9. The van der Waals surface area contributed by atoms with Crippen LogP contribution in [0.1, 0.15) is 13.3 Å². The van der Waals surface area contributed by atoms with Gasteiger partial charge in [-0.15, -0.1) is 16.8 Å². The number of fused-ring (bicyclic) bond motifs is 1. The van der Waals surface area contributed by atoms with Crippen molar-refractivity contribution in [2.75, 3.05) is 24.3 Å². The molecule has 0 unspecified atom stereocenters. The molecule has 0 bridgehead atoms. The van der Waals surface area contributed by atoms with E-state index < -0.39 is 0 Å². The molecule has 4 rings (SSSR count). The van der Waals surface area contributed by atoms with Crippen molar-refractivity contribution in [3.63, 3.8) is 0 Å². The molecule has 2 aromatic heterocycles. The molecule has 0 saturated heterocycles. The van der Waals surface area contributed by atoms with Crippen LogP contribution in [0, 0.1) is 0 Å². The zero-order valence-electron chi connectivity index (χ0n) is 17.3. The number of nitrogens with zero attached hydrogens (tertiary/aromatic N) is 5. The van der Waals surface area contributed by atoms with Crippen molar-refractivity contribution in [3.05, 3.63) is 43.2 Å². The highest BCUT2D eigenvalue weighted by Gasteiger charge is 2.17. The van der Waals surface area contributed by atoms with Gasteiger partial charge in [0.15, 0.2) is 22.5 Å². The van der Waals surface area contributed by atoms with Crippen molar-refractivity contribution >= 4 is 23.4 Å². The second kappa shape index (κ2) is 9.69. The predicted octanol–water partition coefficient (Wildman–Crippen LogP) is 3.24. The van der Waals surface area contributed by atoms with Gasteiger partial charge in [0.05, 0.1) is 30.7 Å². The number of hydrogen-bond donors (Lipinski definition) is 1. The minimum atomic E-state index is -0.145. The average molecular weight is 441 g/mol. The van der Waals surface area contributed by atoms with Gasteiger partial charge in [0.25, 0.3) is 0 Å². The number of carbonyl (C=O) groups excluding carboxylic acids is 1. The first-order valence-electron chi connectivity index (χ1n) is 10.1. The Kier molecular flexibility index (Phi) is 6.56.